The molecule has 0 heterocycles. The van der Waals surface area contributed by atoms with Gasteiger partial charge in [-0.05, 0) is 6.42 Å². The van der Waals surface area contributed by atoms with Crippen LogP contribution < -0.4 is 0 Å². The summed E-state index contributed by atoms with van der Waals surface area (Å²) >= 11 is 0. The lowest BCUT2D eigenvalue weighted by atomic mass is 10.1. The van der Waals surface area contributed by atoms with Crippen molar-refractivity contribution in [3.8, 4) is 0 Å². The highest BCUT2D eigenvalue weighted by Crippen LogP contribution is 2.03. The molecule has 0 saturated heterocycles. The lowest BCUT2D eigenvalue weighted by Gasteiger charge is -2.00. The van der Waals surface area contributed by atoms with Crippen LogP contribution in [-0.4, -0.2) is 17.8 Å². The predicted octanol–water partition coefficient (Wildman–Crippen LogP) is 0.878. The van der Waals surface area contributed by atoms with E-state index in [4.69, 9.17) is 0 Å². The second kappa shape index (κ2) is 4.90. The molecule has 10 heavy (non-hydrogen) atoms. The fourth-order valence-corrected chi connectivity index (χ4v) is 0.640. The quantitative estimate of drug-likeness (QED) is 0.327. The van der Waals surface area contributed by atoms with E-state index in [1.807, 2.05) is 6.92 Å². The van der Waals surface area contributed by atoms with Gasteiger partial charge in [0.1, 0.15) is 6.29 Å². The van der Waals surface area contributed by atoms with Crippen LogP contribution in [-0.2, 0) is 4.79 Å². The molecule has 0 aromatic rings. The van der Waals surface area contributed by atoms with Gasteiger partial charge < -0.3 is 4.79 Å². The van der Waals surface area contributed by atoms with Crippen LogP contribution in [0.25, 0.3) is 0 Å². The Morgan fingerprint density at radius 2 is 2.30 bits per heavy atom. The van der Waals surface area contributed by atoms with Crippen LogP contribution in [0.5, 0.6) is 0 Å². The van der Waals surface area contributed by atoms with Crippen LogP contribution in [0.2, 0.25) is 0 Å². The number of hydrogen-bond acceptors (Lipinski definition) is 3. The normalized spacial score (nSPS) is 12.5. The number of nitrogens with zero attached hydrogens (tertiary/aromatic N) is 1. The van der Waals surface area contributed by atoms with Crippen LogP contribution in [0.1, 0.15) is 19.8 Å². The SMILES string of the molecule is CC[C@H](C=O)CC[N+](=O)[O-]. The third-order valence-electron chi connectivity index (χ3n) is 1.40. The molecule has 0 rings (SSSR count). The molecule has 0 radical (unpaired) electrons. The molecule has 0 fully saturated rings. The first-order valence-corrected chi connectivity index (χ1v) is 3.27. The highest BCUT2D eigenvalue weighted by atomic mass is 16.6. The summed E-state index contributed by atoms with van der Waals surface area (Å²) in [4.78, 5) is 19.6. The Kier molecular flexibility index (Phi) is 4.45. The molecule has 0 spiro atoms. The van der Waals surface area contributed by atoms with Crippen molar-refractivity contribution in [2.24, 2.45) is 5.92 Å². The molecule has 0 aliphatic carbocycles. The fourth-order valence-electron chi connectivity index (χ4n) is 0.640. The van der Waals surface area contributed by atoms with Gasteiger partial charge in [0.2, 0.25) is 6.54 Å². The van der Waals surface area contributed by atoms with Gasteiger partial charge >= 0.3 is 0 Å². The number of carbonyl (C=O) groups excluding carboxylic acids is 1. The lowest BCUT2D eigenvalue weighted by molar-refractivity contribution is -0.481. The Balaban J connectivity index is 3.44. The molecule has 0 N–H and O–H groups in total. The van der Waals surface area contributed by atoms with Gasteiger partial charge in [-0.3, -0.25) is 10.1 Å². The number of carbonyl (C=O) groups is 1. The Morgan fingerprint density at radius 3 is 2.60 bits per heavy atom. The average Bonchev–Trinajstić information content (AvgIpc) is 1.90. The minimum absolute atomic E-state index is 0.1000. The second-order valence-electron chi connectivity index (χ2n) is 2.15. The zero-order valence-electron chi connectivity index (χ0n) is 5.95. The van der Waals surface area contributed by atoms with Crippen molar-refractivity contribution in [2.75, 3.05) is 6.54 Å². The zero-order valence-corrected chi connectivity index (χ0v) is 5.95. The molecular formula is C6H11NO3. The maximum atomic E-state index is 10.1. The number of nitro groups is 1. The summed E-state index contributed by atoms with van der Waals surface area (Å²) in [7, 11) is 0. The van der Waals surface area contributed by atoms with E-state index in [1.54, 1.807) is 0 Å². The van der Waals surface area contributed by atoms with E-state index in [0.717, 1.165) is 6.29 Å². The third-order valence-corrected chi connectivity index (χ3v) is 1.40. The van der Waals surface area contributed by atoms with Gasteiger partial charge in [-0.1, -0.05) is 6.92 Å². The van der Waals surface area contributed by atoms with Gasteiger partial charge in [-0.25, -0.2) is 0 Å². The van der Waals surface area contributed by atoms with E-state index in [0.29, 0.717) is 12.8 Å². The summed E-state index contributed by atoms with van der Waals surface area (Å²) in [6.07, 6.45) is 1.84. The topological polar surface area (TPSA) is 60.2 Å². The Morgan fingerprint density at radius 1 is 1.70 bits per heavy atom. The molecule has 0 aromatic heterocycles. The van der Waals surface area contributed by atoms with E-state index in [1.165, 1.54) is 0 Å². The highest BCUT2D eigenvalue weighted by Gasteiger charge is 2.07. The first-order chi connectivity index (χ1) is 4.70. The monoisotopic (exact) mass is 145 g/mol. The molecule has 0 aliphatic heterocycles. The van der Waals surface area contributed by atoms with E-state index in [2.05, 4.69) is 0 Å². The maximum Gasteiger partial charge on any atom is 0.204 e. The van der Waals surface area contributed by atoms with Crippen LogP contribution >= 0.6 is 0 Å². The Labute approximate surface area is 59.4 Å². The van der Waals surface area contributed by atoms with Gasteiger partial charge in [-0.2, -0.15) is 0 Å². The van der Waals surface area contributed by atoms with Crippen molar-refractivity contribution in [1.82, 2.24) is 0 Å². The van der Waals surface area contributed by atoms with Gasteiger partial charge in [0.15, 0.2) is 0 Å². The Bertz CT molecular complexity index is 124. The zero-order chi connectivity index (χ0) is 7.98. The van der Waals surface area contributed by atoms with Crippen LogP contribution in [0.3, 0.4) is 0 Å². The summed E-state index contributed by atoms with van der Waals surface area (Å²) in [6, 6.07) is 0. The molecule has 4 heteroatoms. The molecule has 0 aliphatic rings. The maximum absolute atomic E-state index is 10.1. The van der Waals surface area contributed by atoms with Gasteiger partial charge in [0.25, 0.3) is 0 Å². The predicted molar refractivity (Wildman–Crippen MR) is 36.3 cm³/mol. The largest absolute Gasteiger partial charge is 0.303 e. The smallest absolute Gasteiger partial charge is 0.204 e. The number of aldehydes is 1. The molecule has 4 nitrogen and oxygen atoms in total. The Hall–Kier alpha value is -0.930. The molecule has 0 bridgehead atoms. The van der Waals surface area contributed by atoms with Crippen molar-refractivity contribution >= 4 is 6.29 Å². The van der Waals surface area contributed by atoms with Crippen LogP contribution in [0, 0.1) is 16.0 Å². The van der Waals surface area contributed by atoms with E-state index >= 15 is 0 Å². The summed E-state index contributed by atoms with van der Waals surface area (Å²) in [5, 5.41) is 9.83. The van der Waals surface area contributed by atoms with Crippen molar-refractivity contribution in [2.45, 2.75) is 19.8 Å². The van der Waals surface area contributed by atoms with Crippen LogP contribution in [0.4, 0.5) is 0 Å². The second-order valence-corrected chi connectivity index (χ2v) is 2.15. The summed E-state index contributed by atoms with van der Waals surface area (Å²) < 4.78 is 0. The van der Waals surface area contributed by atoms with Crippen molar-refractivity contribution in [3.05, 3.63) is 10.1 Å². The summed E-state index contributed by atoms with van der Waals surface area (Å²) in [6.45, 7) is 1.75. The van der Waals surface area contributed by atoms with Gasteiger partial charge in [0.05, 0.1) is 0 Å². The molecule has 0 saturated carbocycles. The van der Waals surface area contributed by atoms with Gasteiger partial charge in [-0.15, -0.1) is 0 Å². The molecule has 0 aromatic carbocycles. The van der Waals surface area contributed by atoms with Crippen molar-refractivity contribution in [1.29, 1.82) is 0 Å². The number of rotatable bonds is 5. The molecule has 1 atom stereocenters. The average molecular weight is 145 g/mol. The molecule has 0 amide bonds. The minimum atomic E-state index is -0.397. The van der Waals surface area contributed by atoms with E-state index < -0.39 is 4.92 Å². The van der Waals surface area contributed by atoms with E-state index in [9.17, 15) is 14.9 Å². The summed E-state index contributed by atoms with van der Waals surface area (Å²) in [5.41, 5.74) is 0. The third kappa shape index (κ3) is 4.00. The van der Waals surface area contributed by atoms with E-state index in [-0.39, 0.29) is 12.5 Å². The molecular weight excluding hydrogens is 134 g/mol. The fraction of sp³-hybridized carbons (Fsp3) is 0.833. The van der Waals surface area contributed by atoms with Gasteiger partial charge in [0, 0.05) is 17.3 Å². The highest BCUT2D eigenvalue weighted by molar-refractivity contribution is 5.53. The summed E-state index contributed by atoms with van der Waals surface area (Å²) in [5.74, 6) is -0.134. The molecule has 58 valence electrons. The first kappa shape index (κ1) is 9.07. The minimum Gasteiger partial charge on any atom is -0.303 e. The van der Waals surface area contributed by atoms with Crippen LogP contribution in [0.15, 0.2) is 0 Å². The first-order valence-electron chi connectivity index (χ1n) is 3.27. The standard InChI is InChI=1S/C6H11NO3/c1-2-6(5-8)3-4-7(9)10/h5-6H,2-4H2,1H3/t6-/m0/s1. The number of hydrogen-bond donors (Lipinski definition) is 0. The lowest BCUT2D eigenvalue weighted by Crippen LogP contribution is -2.08. The van der Waals surface area contributed by atoms with Crippen molar-refractivity contribution in [3.63, 3.8) is 0 Å². The van der Waals surface area contributed by atoms with Crippen molar-refractivity contribution < 1.29 is 9.72 Å². The molecule has 0 unspecified atom stereocenters.